The number of anilines is 3. The number of allylic oxidation sites excluding steroid dienone is 3. The van der Waals surface area contributed by atoms with Crippen LogP contribution in [-0.4, -0.2) is 40.0 Å². The second-order valence-corrected chi connectivity index (χ2v) is 10.2. The van der Waals surface area contributed by atoms with Gasteiger partial charge in [0.15, 0.2) is 0 Å². The van der Waals surface area contributed by atoms with E-state index < -0.39 is 0 Å². The average molecular weight is 509 g/mol. The van der Waals surface area contributed by atoms with Crippen molar-refractivity contribution >= 4 is 28.9 Å². The van der Waals surface area contributed by atoms with Crippen LogP contribution in [0.1, 0.15) is 51.1 Å². The Hall–Kier alpha value is -4.32. The van der Waals surface area contributed by atoms with E-state index >= 15 is 0 Å². The highest BCUT2D eigenvalue weighted by Crippen LogP contribution is 2.33. The molecule has 0 spiro atoms. The topological polar surface area (TPSA) is 64.7 Å². The molecule has 3 aromatic rings. The Kier molecular flexibility index (Phi) is 8.01. The highest BCUT2D eigenvalue weighted by atomic mass is 16.2. The van der Waals surface area contributed by atoms with Gasteiger partial charge in [-0.05, 0) is 97.6 Å². The first-order chi connectivity index (χ1) is 18.1. The maximum atomic E-state index is 12.9. The Morgan fingerprint density at radius 2 is 1.26 bits per heavy atom. The maximum absolute atomic E-state index is 12.9. The van der Waals surface area contributed by atoms with Gasteiger partial charge in [-0.3, -0.25) is 9.59 Å². The third-order valence-electron chi connectivity index (χ3n) is 6.96. The Balaban J connectivity index is 1.43. The van der Waals surface area contributed by atoms with Crippen LogP contribution in [0.2, 0.25) is 0 Å². The summed E-state index contributed by atoms with van der Waals surface area (Å²) in [5.74, 6) is -0.0909. The maximum Gasteiger partial charge on any atom is 0.255 e. The van der Waals surface area contributed by atoms with Crippen LogP contribution in [0, 0.1) is 6.92 Å². The number of amides is 2. The zero-order valence-electron chi connectivity index (χ0n) is 23.0. The van der Waals surface area contributed by atoms with E-state index in [1.54, 1.807) is 0 Å². The number of carbonyl (C=O) groups excluding carboxylic acids is 2. The van der Waals surface area contributed by atoms with Gasteiger partial charge >= 0.3 is 0 Å². The monoisotopic (exact) mass is 508 g/mol. The molecule has 0 aromatic heterocycles. The molecule has 38 heavy (non-hydrogen) atoms. The molecule has 0 radical (unpaired) electrons. The van der Waals surface area contributed by atoms with Crippen molar-refractivity contribution in [3.8, 4) is 0 Å². The van der Waals surface area contributed by atoms with Crippen molar-refractivity contribution in [2.75, 3.05) is 43.3 Å². The van der Waals surface area contributed by atoms with Gasteiger partial charge in [-0.15, -0.1) is 0 Å². The third kappa shape index (κ3) is 6.14. The predicted molar refractivity (Wildman–Crippen MR) is 157 cm³/mol. The number of nitrogens with zero attached hydrogens (tertiary/aromatic N) is 2. The molecule has 0 bridgehead atoms. The van der Waals surface area contributed by atoms with Crippen LogP contribution in [-0.2, 0) is 0 Å². The van der Waals surface area contributed by atoms with E-state index in [0.717, 1.165) is 45.9 Å². The molecule has 1 aliphatic rings. The van der Waals surface area contributed by atoms with Crippen molar-refractivity contribution in [1.82, 2.24) is 5.32 Å². The van der Waals surface area contributed by atoms with E-state index in [4.69, 9.17) is 0 Å². The molecule has 2 N–H and O–H groups in total. The van der Waals surface area contributed by atoms with Crippen LogP contribution >= 0.6 is 0 Å². The fraction of sp³-hybridized carbons (Fsp3) is 0.250. The van der Waals surface area contributed by atoms with Crippen molar-refractivity contribution in [3.63, 3.8) is 0 Å². The number of hydrogen-bond donors (Lipinski definition) is 2. The van der Waals surface area contributed by atoms with Crippen molar-refractivity contribution in [2.45, 2.75) is 26.2 Å². The summed E-state index contributed by atoms with van der Waals surface area (Å²) in [6, 6.07) is 21.3. The number of aryl methyl sites for hydroxylation is 1. The molecular weight excluding hydrogens is 472 g/mol. The molecule has 1 atom stereocenters. The largest absolute Gasteiger partial charge is 0.378 e. The van der Waals surface area contributed by atoms with E-state index in [0.29, 0.717) is 11.1 Å². The lowest BCUT2D eigenvalue weighted by Gasteiger charge is -2.22. The second-order valence-electron chi connectivity index (χ2n) is 10.2. The van der Waals surface area contributed by atoms with Gasteiger partial charge in [0.1, 0.15) is 0 Å². The van der Waals surface area contributed by atoms with Crippen LogP contribution in [0.5, 0.6) is 0 Å². The molecule has 0 saturated carbocycles. The van der Waals surface area contributed by atoms with Crippen molar-refractivity contribution in [2.24, 2.45) is 0 Å². The Bertz CT molecular complexity index is 1380. The van der Waals surface area contributed by atoms with Gasteiger partial charge in [-0.25, -0.2) is 0 Å². The lowest BCUT2D eigenvalue weighted by atomic mass is 9.87. The molecule has 0 heterocycles. The number of benzene rings is 3. The van der Waals surface area contributed by atoms with Crippen molar-refractivity contribution in [3.05, 3.63) is 112 Å². The molecule has 3 aromatic carbocycles. The molecule has 6 nitrogen and oxygen atoms in total. The lowest BCUT2D eigenvalue weighted by molar-refractivity contribution is 0.0965. The van der Waals surface area contributed by atoms with Crippen LogP contribution in [0.4, 0.5) is 17.1 Å². The standard InChI is InChI=1S/C32H36N4O2/c1-21-7-8-26(20-30(21)34-32(38)24-11-16-28(17-12-24)36(5)6)25-13-18-29(22(2)19-25)33-31(37)23-9-14-27(15-10-23)35(3)4/h7-18,20,25H,19H2,1-6H3,(H,33,37)(H,34,38). The SMILES string of the molecule is CC1=C(NC(=O)c2ccc(N(C)C)cc2)C=CC(c2ccc(C)c(NC(=O)c3ccc(N(C)C)cc3)c2)C1. The highest BCUT2D eigenvalue weighted by Gasteiger charge is 2.19. The van der Waals surface area contributed by atoms with Gasteiger partial charge in [-0.1, -0.05) is 18.2 Å². The summed E-state index contributed by atoms with van der Waals surface area (Å²) in [5.41, 5.74) is 8.22. The molecule has 6 heteroatoms. The summed E-state index contributed by atoms with van der Waals surface area (Å²) < 4.78 is 0. The molecule has 2 amide bonds. The zero-order chi connectivity index (χ0) is 27.4. The summed E-state index contributed by atoms with van der Waals surface area (Å²) in [7, 11) is 7.89. The smallest absolute Gasteiger partial charge is 0.255 e. The molecule has 0 aliphatic heterocycles. The molecule has 196 valence electrons. The van der Waals surface area contributed by atoms with Crippen molar-refractivity contribution in [1.29, 1.82) is 0 Å². The molecule has 1 unspecified atom stereocenters. The van der Waals surface area contributed by atoms with E-state index in [1.165, 1.54) is 0 Å². The number of nitrogens with one attached hydrogen (secondary N) is 2. The summed E-state index contributed by atoms with van der Waals surface area (Å²) in [4.78, 5) is 29.7. The Morgan fingerprint density at radius 3 is 1.76 bits per heavy atom. The summed E-state index contributed by atoms with van der Waals surface area (Å²) in [6.07, 6.45) is 4.89. The number of carbonyl (C=O) groups is 2. The second kappa shape index (κ2) is 11.4. The van der Waals surface area contributed by atoms with Gasteiger partial charge in [0.2, 0.25) is 0 Å². The van der Waals surface area contributed by atoms with Crippen LogP contribution in [0.3, 0.4) is 0 Å². The molecule has 0 saturated heterocycles. The quantitative estimate of drug-likeness (QED) is 0.403. The molecule has 0 fully saturated rings. The first-order valence-corrected chi connectivity index (χ1v) is 12.8. The third-order valence-corrected chi connectivity index (χ3v) is 6.96. The number of rotatable bonds is 7. The Morgan fingerprint density at radius 1 is 0.737 bits per heavy atom. The molecule has 4 rings (SSSR count). The van der Waals surface area contributed by atoms with E-state index in [9.17, 15) is 9.59 Å². The van der Waals surface area contributed by atoms with Gasteiger partial charge in [0.05, 0.1) is 0 Å². The first kappa shape index (κ1) is 26.7. The van der Waals surface area contributed by atoms with Gasteiger partial charge < -0.3 is 20.4 Å². The predicted octanol–water partition coefficient (Wildman–Crippen LogP) is 6.13. The van der Waals surface area contributed by atoms with Crippen LogP contribution in [0.15, 0.2) is 90.2 Å². The molecule has 1 aliphatic carbocycles. The van der Waals surface area contributed by atoms with Gasteiger partial charge in [0.25, 0.3) is 11.8 Å². The fourth-order valence-corrected chi connectivity index (χ4v) is 4.46. The normalized spacial score (nSPS) is 14.7. The van der Waals surface area contributed by atoms with Crippen molar-refractivity contribution < 1.29 is 9.59 Å². The fourth-order valence-electron chi connectivity index (χ4n) is 4.46. The minimum absolute atomic E-state index is 0.119. The van der Waals surface area contributed by atoms with Crippen LogP contribution < -0.4 is 20.4 Å². The summed E-state index contributed by atoms with van der Waals surface area (Å²) >= 11 is 0. The average Bonchev–Trinajstić information content (AvgIpc) is 2.91. The zero-order valence-corrected chi connectivity index (χ0v) is 23.0. The van der Waals surface area contributed by atoms with E-state index in [1.807, 2.05) is 106 Å². The summed E-state index contributed by atoms with van der Waals surface area (Å²) in [6.45, 7) is 4.05. The minimum atomic E-state index is -0.130. The molecular formula is C32H36N4O2. The van der Waals surface area contributed by atoms with Gasteiger partial charge in [-0.2, -0.15) is 0 Å². The summed E-state index contributed by atoms with van der Waals surface area (Å²) in [5, 5.41) is 6.14. The van der Waals surface area contributed by atoms with Gasteiger partial charge in [0, 0.05) is 68.0 Å². The Labute approximate surface area is 225 Å². The number of hydrogen-bond acceptors (Lipinski definition) is 4. The first-order valence-electron chi connectivity index (χ1n) is 12.8. The van der Waals surface area contributed by atoms with Crippen LogP contribution in [0.25, 0.3) is 0 Å². The highest BCUT2D eigenvalue weighted by molar-refractivity contribution is 6.05. The lowest BCUT2D eigenvalue weighted by Crippen LogP contribution is -2.24. The van der Waals surface area contributed by atoms with E-state index in [2.05, 4.69) is 35.8 Å². The minimum Gasteiger partial charge on any atom is -0.378 e. The van der Waals surface area contributed by atoms with E-state index in [-0.39, 0.29) is 17.7 Å².